The molecule has 6 heteroatoms. The van der Waals surface area contributed by atoms with Crippen molar-refractivity contribution in [3.63, 3.8) is 0 Å². The summed E-state index contributed by atoms with van der Waals surface area (Å²) in [6, 6.07) is 29.9. The number of ether oxygens (including phenoxy) is 1. The van der Waals surface area contributed by atoms with Crippen LogP contribution in [0.15, 0.2) is 102 Å². The van der Waals surface area contributed by atoms with Gasteiger partial charge >= 0.3 is 0 Å². The summed E-state index contributed by atoms with van der Waals surface area (Å²) >= 11 is 0. The van der Waals surface area contributed by atoms with E-state index < -0.39 is 0 Å². The fourth-order valence-corrected chi connectivity index (χ4v) is 4.00. The summed E-state index contributed by atoms with van der Waals surface area (Å²) in [5, 5.41) is 20.4. The second-order valence-electron chi connectivity index (χ2n) is 8.08. The van der Waals surface area contributed by atoms with Crippen molar-refractivity contribution in [3.05, 3.63) is 103 Å². The molecule has 2 N–H and O–H groups in total. The molecule has 0 amide bonds. The van der Waals surface area contributed by atoms with Gasteiger partial charge in [0.15, 0.2) is 0 Å². The third-order valence-corrected chi connectivity index (χ3v) is 5.73. The first-order valence-electron chi connectivity index (χ1n) is 11.5. The Hall–Kier alpha value is -4.58. The molecule has 0 spiro atoms. The number of aryl methyl sites for hydroxylation is 1. The van der Waals surface area contributed by atoms with Crippen LogP contribution in [0.4, 0.5) is 5.69 Å². The molecule has 1 heterocycles. The van der Waals surface area contributed by atoms with Gasteiger partial charge < -0.3 is 19.5 Å². The van der Waals surface area contributed by atoms with Gasteiger partial charge in [0.25, 0.3) is 0 Å². The molecule has 4 aromatic carbocycles. The second-order valence-corrected chi connectivity index (χ2v) is 8.08. The van der Waals surface area contributed by atoms with Crippen LogP contribution in [-0.4, -0.2) is 32.6 Å². The van der Waals surface area contributed by atoms with E-state index in [2.05, 4.69) is 9.56 Å². The number of nitrogens with zero attached hydrogens (tertiary/aromatic N) is 3. The van der Waals surface area contributed by atoms with E-state index in [-0.39, 0.29) is 11.5 Å². The molecule has 0 atom stereocenters. The van der Waals surface area contributed by atoms with Crippen molar-refractivity contribution in [2.45, 2.75) is 13.0 Å². The van der Waals surface area contributed by atoms with Gasteiger partial charge in [-0.25, -0.2) is 4.98 Å². The van der Waals surface area contributed by atoms with Crippen molar-refractivity contribution in [2.24, 2.45) is 4.99 Å². The fraction of sp³-hybridized carbons (Fsp3) is 0.103. The van der Waals surface area contributed by atoms with Crippen molar-refractivity contribution in [1.29, 1.82) is 0 Å². The lowest BCUT2D eigenvalue weighted by atomic mass is 10.2. The molecule has 0 unspecified atom stereocenters. The van der Waals surface area contributed by atoms with E-state index in [1.165, 1.54) is 0 Å². The van der Waals surface area contributed by atoms with Crippen LogP contribution in [0.1, 0.15) is 12.0 Å². The molecule has 174 valence electrons. The minimum Gasteiger partial charge on any atom is -0.507 e. The topological polar surface area (TPSA) is 79.9 Å². The van der Waals surface area contributed by atoms with E-state index in [1.807, 2.05) is 66.7 Å². The zero-order chi connectivity index (χ0) is 24.0. The smallest absolute Gasteiger partial charge is 0.144 e. The lowest BCUT2D eigenvalue weighted by Gasteiger charge is -2.12. The highest BCUT2D eigenvalue weighted by Gasteiger charge is 2.15. The number of para-hydroxylation sites is 6. The van der Waals surface area contributed by atoms with E-state index in [0.717, 1.165) is 23.3 Å². The quantitative estimate of drug-likeness (QED) is 0.208. The Kier molecular flexibility index (Phi) is 6.44. The first-order chi connectivity index (χ1) is 17.2. The molecule has 0 bridgehead atoms. The zero-order valence-electron chi connectivity index (χ0n) is 19.1. The van der Waals surface area contributed by atoms with Gasteiger partial charge in [0.05, 0.1) is 23.2 Å². The third kappa shape index (κ3) is 4.87. The number of imidazole rings is 1. The average molecular weight is 464 g/mol. The number of phenolic OH excluding ortho intramolecular Hbond substituents is 2. The van der Waals surface area contributed by atoms with Gasteiger partial charge in [-0.1, -0.05) is 48.5 Å². The summed E-state index contributed by atoms with van der Waals surface area (Å²) in [6.45, 7) is 1.16. The Morgan fingerprint density at radius 1 is 0.800 bits per heavy atom. The molecular formula is C29H25N3O3. The summed E-state index contributed by atoms with van der Waals surface area (Å²) in [5.41, 5.74) is 3.94. The molecule has 0 saturated carbocycles. The van der Waals surface area contributed by atoms with Gasteiger partial charge in [-0.3, -0.25) is 4.99 Å². The fourth-order valence-electron chi connectivity index (χ4n) is 4.00. The SMILES string of the molecule is Oc1ccccc1C=Nc1ccccc1OCCCn1c(-c2ccccc2O)nc2ccccc21. The van der Waals surface area contributed by atoms with Gasteiger partial charge in [-0.2, -0.15) is 0 Å². The van der Waals surface area contributed by atoms with Crippen LogP contribution >= 0.6 is 0 Å². The minimum absolute atomic E-state index is 0.183. The molecule has 5 rings (SSSR count). The van der Waals surface area contributed by atoms with Crippen LogP contribution in [0.25, 0.3) is 22.4 Å². The largest absolute Gasteiger partial charge is 0.507 e. The van der Waals surface area contributed by atoms with Crippen molar-refractivity contribution in [1.82, 2.24) is 9.55 Å². The summed E-state index contributed by atoms with van der Waals surface area (Å²) in [6.07, 6.45) is 2.37. The molecule has 0 saturated heterocycles. The monoisotopic (exact) mass is 463 g/mol. The number of phenols is 2. The second kappa shape index (κ2) is 10.1. The number of hydrogen-bond donors (Lipinski definition) is 2. The van der Waals surface area contributed by atoms with E-state index in [1.54, 1.807) is 36.5 Å². The van der Waals surface area contributed by atoms with Crippen LogP contribution in [0.2, 0.25) is 0 Å². The Morgan fingerprint density at radius 2 is 1.51 bits per heavy atom. The third-order valence-electron chi connectivity index (χ3n) is 5.73. The summed E-state index contributed by atoms with van der Waals surface area (Å²) in [7, 11) is 0. The molecule has 1 aromatic heterocycles. The van der Waals surface area contributed by atoms with Crippen LogP contribution in [0, 0.1) is 0 Å². The Labute approximate surface area is 203 Å². The highest BCUT2D eigenvalue weighted by molar-refractivity contribution is 5.86. The molecule has 5 aromatic rings. The molecule has 35 heavy (non-hydrogen) atoms. The standard InChI is InChI=1S/C29H25N3O3/c33-26-15-6-1-10-21(26)20-30-24-13-4-8-17-28(24)35-19-9-18-32-25-14-5-3-12-23(25)31-29(32)22-11-2-7-16-27(22)34/h1-8,10-17,20,33-34H,9,18-19H2. The molecular weight excluding hydrogens is 438 g/mol. The molecule has 0 aliphatic rings. The van der Waals surface area contributed by atoms with Crippen LogP contribution in [0.5, 0.6) is 17.2 Å². The number of rotatable bonds is 8. The lowest BCUT2D eigenvalue weighted by molar-refractivity contribution is 0.304. The van der Waals surface area contributed by atoms with Gasteiger partial charge in [-0.15, -0.1) is 0 Å². The van der Waals surface area contributed by atoms with E-state index in [4.69, 9.17) is 9.72 Å². The molecule has 0 aliphatic carbocycles. The molecule has 6 nitrogen and oxygen atoms in total. The van der Waals surface area contributed by atoms with Gasteiger partial charge in [-0.05, 0) is 55.0 Å². The number of aromatic hydroxyl groups is 2. The van der Waals surface area contributed by atoms with E-state index >= 15 is 0 Å². The zero-order valence-corrected chi connectivity index (χ0v) is 19.1. The lowest BCUT2D eigenvalue weighted by Crippen LogP contribution is -2.06. The first kappa shape index (κ1) is 22.2. The number of aromatic nitrogens is 2. The number of aliphatic imine (C=N–C) groups is 1. The van der Waals surface area contributed by atoms with Crippen LogP contribution in [-0.2, 0) is 6.54 Å². The van der Waals surface area contributed by atoms with Crippen molar-refractivity contribution in [3.8, 4) is 28.6 Å². The maximum atomic E-state index is 10.4. The number of benzene rings is 4. The van der Waals surface area contributed by atoms with E-state index in [0.29, 0.717) is 35.7 Å². The van der Waals surface area contributed by atoms with Gasteiger partial charge in [0.1, 0.15) is 28.8 Å². The number of hydrogen-bond acceptors (Lipinski definition) is 5. The summed E-state index contributed by atoms with van der Waals surface area (Å²) in [4.78, 5) is 9.29. The minimum atomic E-state index is 0.183. The van der Waals surface area contributed by atoms with Crippen LogP contribution < -0.4 is 4.74 Å². The predicted molar refractivity (Wildman–Crippen MR) is 139 cm³/mol. The Balaban J connectivity index is 1.32. The highest BCUT2D eigenvalue weighted by Crippen LogP contribution is 2.32. The highest BCUT2D eigenvalue weighted by atomic mass is 16.5. The maximum Gasteiger partial charge on any atom is 0.144 e. The number of fused-ring (bicyclic) bond motifs is 1. The summed E-state index contributed by atoms with van der Waals surface area (Å²) in [5.74, 6) is 1.80. The molecule has 0 radical (unpaired) electrons. The van der Waals surface area contributed by atoms with Crippen molar-refractivity contribution in [2.75, 3.05) is 6.61 Å². The van der Waals surface area contributed by atoms with Crippen LogP contribution in [0.3, 0.4) is 0 Å². The van der Waals surface area contributed by atoms with Gasteiger partial charge in [0.2, 0.25) is 0 Å². The predicted octanol–water partition coefficient (Wildman–Crippen LogP) is 6.33. The van der Waals surface area contributed by atoms with Crippen molar-refractivity contribution < 1.29 is 14.9 Å². The first-order valence-corrected chi connectivity index (χ1v) is 11.5. The summed E-state index contributed by atoms with van der Waals surface area (Å²) < 4.78 is 8.20. The Morgan fingerprint density at radius 3 is 2.37 bits per heavy atom. The molecule has 0 fully saturated rings. The van der Waals surface area contributed by atoms with Gasteiger partial charge in [0, 0.05) is 18.3 Å². The molecule has 0 aliphatic heterocycles. The Bertz CT molecular complexity index is 1490. The maximum absolute atomic E-state index is 10.4. The van der Waals surface area contributed by atoms with E-state index in [9.17, 15) is 10.2 Å². The average Bonchev–Trinajstić information content (AvgIpc) is 3.25. The normalized spacial score (nSPS) is 11.3. The van der Waals surface area contributed by atoms with Crippen molar-refractivity contribution >= 4 is 22.9 Å².